The molecule has 0 unspecified atom stereocenters. The van der Waals surface area contributed by atoms with Crippen LogP contribution in [-0.4, -0.2) is 28.1 Å². The van der Waals surface area contributed by atoms with E-state index in [1.165, 1.54) is 18.4 Å². The van der Waals surface area contributed by atoms with Gasteiger partial charge in [-0.3, -0.25) is 9.88 Å². The van der Waals surface area contributed by atoms with Gasteiger partial charge in [0.2, 0.25) is 0 Å². The molecule has 1 aromatic carbocycles. The lowest BCUT2D eigenvalue weighted by atomic mass is 9.77. The number of aromatic hydroxyl groups is 1. The van der Waals surface area contributed by atoms with Crippen molar-refractivity contribution in [1.82, 2.24) is 9.88 Å². The zero-order valence-corrected chi connectivity index (χ0v) is 17.7. The van der Waals surface area contributed by atoms with Gasteiger partial charge in [0, 0.05) is 6.20 Å². The molecule has 0 bridgehead atoms. The molecule has 1 aliphatic rings. The Labute approximate surface area is 164 Å². The topological polar surface area (TPSA) is 36.4 Å². The highest BCUT2D eigenvalue weighted by atomic mass is 16.3. The van der Waals surface area contributed by atoms with Crippen LogP contribution < -0.4 is 0 Å². The zero-order chi connectivity index (χ0) is 19.8. The molecule has 1 atom stereocenters. The second-order valence-corrected chi connectivity index (χ2v) is 9.86. The van der Waals surface area contributed by atoms with Crippen molar-refractivity contribution < 1.29 is 5.11 Å². The fourth-order valence-corrected chi connectivity index (χ4v) is 4.06. The van der Waals surface area contributed by atoms with Crippen LogP contribution in [0.3, 0.4) is 0 Å². The van der Waals surface area contributed by atoms with E-state index in [1.54, 1.807) is 0 Å². The molecule has 3 rings (SSSR count). The van der Waals surface area contributed by atoms with Crippen molar-refractivity contribution in [2.45, 2.75) is 71.3 Å². The fraction of sp³-hybridized carbons (Fsp3) is 0.542. The molecular weight excluding hydrogens is 332 g/mol. The van der Waals surface area contributed by atoms with E-state index in [9.17, 15) is 5.11 Å². The Morgan fingerprint density at radius 3 is 1.93 bits per heavy atom. The molecule has 2 heterocycles. The summed E-state index contributed by atoms with van der Waals surface area (Å²) in [5.41, 5.74) is 4.11. The van der Waals surface area contributed by atoms with Crippen molar-refractivity contribution >= 4 is 0 Å². The summed E-state index contributed by atoms with van der Waals surface area (Å²) in [5, 5.41) is 11.1. The van der Waals surface area contributed by atoms with Crippen LogP contribution in [0.25, 0.3) is 0 Å². The van der Waals surface area contributed by atoms with E-state index in [0.29, 0.717) is 5.75 Å². The molecule has 1 N–H and O–H groups in total. The smallest absolute Gasteiger partial charge is 0.123 e. The van der Waals surface area contributed by atoms with Crippen LogP contribution in [0.4, 0.5) is 0 Å². The Kier molecular flexibility index (Phi) is 5.36. The number of aromatic nitrogens is 1. The minimum absolute atomic E-state index is 0.125. The Morgan fingerprint density at radius 2 is 1.48 bits per heavy atom. The first-order valence-electron chi connectivity index (χ1n) is 10.1. The van der Waals surface area contributed by atoms with Crippen LogP contribution in [0.1, 0.15) is 82.8 Å². The van der Waals surface area contributed by atoms with Crippen molar-refractivity contribution in [2.75, 3.05) is 13.1 Å². The highest BCUT2D eigenvalue weighted by Crippen LogP contribution is 2.42. The van der Waals surface area contributed by atoms with Crippen LogP contribution in [0.2, 0.25) is 0 Å². The van der Waals surface area contributed by atoms with E-state index in [4.69, 9.17) is 4.98 Å². The van der Waals surface area contributed by atoms with E-state index in [1.807, 2.05) is 12.3 Å². The monoisotopic (exact) mass is 366 g/mol. The molecule has 0 spiro atoms. The Bertz CT molecular complexity index is 743. The molecule has 0 amide bonds. The minimum atomic E-state index is -0.125. The molecule has 1 saturated heterocycles. The third-order valence-electron chi connectivity index (χ3n) is 5.54. The van der Waals surface area contributed by atoms with Gasteiger partial charge in [0.25, 0.3) is 0 Å². The highest BCUT2D eigenvalue weighted by Gasteiger charge is 2.31. The van der Waals surface area contributed by atoms with Crippen LogP contribution in [0.5, 0.6) is 5.75 Å². The van der Waals surface area contributed by atoms with Gasteiger partial charge in [0.15, 0.2) is 0 Å². The lowest BCUT2D eigenvalue weighted by Gasteiger charge is -2.32. The largest absolute Gasteiger partial charge is 0.507 e. The number of rotatable bonds is 3. The molecule has 27 heavy (non-hydrogen) atoms. The van der Waals surface area contributed by atoms with Gasteiger partial charge in [-0.2, -0.15) is 0 Å². The number of phenolic OH excluding ortho intramolecular Hbond substituents is 1. The molecule has 0 radical (unpaired) electrons. The summed E-state index contributed by atoms with van der Waals surface area (Å²) in [7, 11) is 0. The average molecular weight is 367 g/mol. The first-order valence-corrected chi connectivity index (χ1v) is 10.1. The van der Waals surface area contributed by atoms with E-state index in [-0.39, 0.29) is 16.9 Å². The molecule has 0 aliphatic carbocycles. The lowest BCUT2D eigenvalue weighted by Crippen LogP contribution is -2.28. The van der Waals surface area contributed by atoms with Gasteiger partial charge in [-0.25, -0.2) is 0 Å². The van der Waals surface area contributed by atoms with E-state index < -0.39 is 0 Å². The molecule has 2 aromatic rings. The number of benzene rings is 1. The maximum atomic E-state index is 11.1. The van der Waals surface area contributed by atoms with Crippen molar-refractivity contribution in [2.24, 2.45) is 0 Å². The zero-order valence-electron chi connectivity index (χ0n) is 17.7. The van der Waals surface area contributed by atoms with E-state index in [2.05, 4.69) is 70.7 Å². The van der Waals surface area contributed by atoms with Gasteiger partial charge in [0.1, 0.15) is 5.75 Å². The third kappa shape index (κ3) is 4.19. The normalized spacial score (nSPS) is 17.3. The quantitative estimate of drug-likeness (QED) is 0.772. The number of phenols is 1. The maximum Gasteiger partial charge on any atom is 0.123 e. The predicted molar refractivity (Wildman–Crippen MR) is 112 cm³/mol. The Morgan fingerprint density at radius 1 is 0.926 bits per heavy atom. The molecule has 1 aliphatic heterocycles. The summed E-state index contributed by atoms with van der Waals surface area (Å²) in [6.45, 7) is 15.2. The molecule has 3 nitrogen and oxygen atoms in total. The van der Waals surface area contributed by atoms with Crippen LogP contribution in [0, 0.1) is 0 Å². The minimum Gasteiger partial charge on any atom is -0.507 e. The molecule has 3 heteroatoms. The molecule has 146 valence electrons. The number of nitrogens with zero attached hydrogens (tertiary/aromatic N) is 2. The molecule has 1 fully saturated rings. The van der Waals surface area contributed by atoms with Gasteiger partial charge in [-0.1, -0.05) is 47.6 Å². The highest BCUT2D eigenvalue weighted by molar-refractivity contribution is 5.51. The second-order valence-electron chi connectivity index (χ2n) is 9.86. The average Bonchev–Trinajstić information content (AvgIpc) is 3.09. The Hall–Kier alpha value is -1.87. The Balaban J connectivity index is 2.22. The molecule has 0 saturated carbocycles. The SMILES string of the molecule is CC(C)(C)c1cc([C@@H](c2ccccn2)N2CCCC2)cc(C(C)(C)C)c1O. The predicted octanol–water partition coefficient (Wildman–Crippen LogP) is 5.57. The van der Waals surface area contributed by atoms with Gasteiger partial charge < -0.3 is 5.11 Å². The number of hydrogen-bond acceptors (Lipinski definition) is 3. The maximum absolute atomic E-state index is 11.1. The number of pyridine rings is 1. The van der Waals surface area contributed by atoms with Gasteiger partial charge >= 0.3 is 0 Å². The second kappa shape index (κ2) is 7.27. The molecule has 1 aromatic heterocycles. The van der Waals surface area contributed by atoms with Crippen molar-refractivity contribution in [3.05, 3.63) is 58.9 Å². The van der Waals surface area contributed by atoms with Crippen molar-refractivity contribution in [3.8, 4) is 5.75 Å². The summed E-state index contributed by atoms with van der Waals surface area (Å²) in [6, 6.07) is 10.7. The summed E-state index contributed by atoms with van der Waals surface area (Å²) < 4.78 is 0. The van der Waals surface area contributed by atoms with Crippen LogP contribution >= 0.6 is 0 Å². The van der Waals surface area contributed by atoms with E-state index >= 15 is 0 Å². The fourth-order valence-electron chi connectivity index (χ4n) is 4.06. The van der Waals surface area contributed by atoms with Gasteiger partial charge in [0.05, 0.1) is 11.7 Å². The lowest BCUT2D eigenvalue weighted by molar-refractivity contribution is 0.275. The van der Waals surface area contributed by atoms with Crippen LogP contribution in [0.15, 0.2) is 36.5 Å². The third-order valence-corrected chi connectivity index (χ3v) is 5.54. The molecular formula is C24H34N2O. The van der Waals surface area contributed by atoms with E-state index in [0.717, 1.165) is 29.9 Å². The van der Waals surface area contributed by atoms with Gasteiger partial charge in [-0.15, -0.1) is 0 Å². The first-order chi connectivity index (χ1) is 12.6. The number of hydrogen-bond donors (Lipinski definition) is 1. The summed E-state index contributed by atoms with van der Waals surface area (Å²) in [6.07, 6.45) is 4.35. The van der Waals surface area contributed by atoms with Gasteiger partial charge in [-0.05, 0) is 77.7 Å². The van der Waals surface area contributed by atoms with Crippen LogP contribution in [-0.2, 0) is 10.8 Å². The summed E-state index contributed by atoms with van der Waals surface area (Å²) in [4.78, 5) is 7.24. The van der Waals surface area contributed by atoms with Crippen molar-refractivity contribution in [3.63, 3.8) is 0 Å². The summed E-state index contributed by atoms with van der Waals surface area (Å²) >= 11 is 0. The van der Waals surface area contributed by atoms with Crippen molar-refractivity contribution in [1.29, 1.82) is 0 Å². The summed E-state index contributed by atoms with van der Waals surface area (Å²) in [5.74, 6) is 0.444. The number of likely N-dealkylation sites (tertiary alicyclic amines) is 1. The first kappa shape index (κ1) is 19.9. The standard InChI is InChI=1S/C24H34N2O/c1-23(2,3)18-15-17(16-19(22(18)27)24(4,5)6)21(26-13-9-10-14-26)20-11-7-8-12-25-20/h7-8,11-12,15-16,21,27H,9-10,13-14H2,1-6H3/t21-/m0/s1.